The van der Waals surface area contributed by atoms with Crippen molar-refractivity contribution in [2.24, 2.45) is 5.73 Å². The summed E-state index contributed by atoms with van der Waals surface area (Å²) < 4.78 is 25.8. The van der Waals surface area contributed by atoms with Crippen molar-refractivity contribution < 1.29 is 13.2 Å². The molecule has 0 saturated carbocycles. The van der Waals surface area contributed by atoms with Gasteiger partial charge in [0.15, 0.2) is 0 Å². The normalized spacial score (nSPS) is 10.6. The number of benzene rings is 1. The first-order valence-corrected chi connectivity index (χ1v) is 7.07. The molecule has 0 saturated heterocycles. The molecule has 4 N–H and O–H groups in total. The molecular weight excluding hydrogens is 290 g/mol. The highest BCUT2D eigenvalue weighted by Gasteiger charge is 2.12. The van der Waals surface area contributed by atoms with Crippen LogP contribution < -0.4 is 15.8 Å². The number of hydrogen-bond donors (Lipinski definition) is 3. The maximum absolute atomic E-state index is 11.7. The van der Waals surface area contributed by atoms with Crippen LogP contribution in [-0.4, -0.2) is 27.4 Å². The van der Waals surface area contributed by atoms with Crippen molar-refractivity contribution in [1.29, 1.82) is 0 Å². The Labute approximate surface area is 119 Å². The molecule has 0 spiro atoms. The van der Waals surface area contributed by atoms with Crippen molar-refractivity contribution >= 4 is 34.0 Å². The molecule has 0 unspecified atom stereocenters. The van der Waals surface area contributed by atoms with Gasteiger partial charge in [-0.3, -0.25) is 4.79 Å². The molecule has 1 aromatic carbocycles. The number of hydrogen-bond acceptors (Lipinski definition) is 4. The third kappa shape index (κ3) is 5.56. The average molecular weight is 308 g/mol. The predicted molar refractivity (Wildman–Crippen MR) is 76.9 cm³/mol. The van der Waals surface area contributed by atoms with E-state index in [4.69, 9.17) is 5.73 Å². The Bertz CT molecular complexity index is 502. The second kappa shape index (κ2) is 8.11. The first-order chi connectivity index (χ1) is 8.49. The third-order valence-electron chi connectivity index (χ3n) is 2.21. The van der Waals surface area contributed by atoms with Crippen LogP contribution in [0.25, 0.3) is 0 Å². The van der Waals surface area contributed by atoms with Crippen molar-refractivity contribution in [3.63, 3.8) is 0 Å². The fourth-order valence-corrected chi connectivity index (χ4v) is 2.29. The average Bonchev–Trinajstić information content (AvgIpc) is 2.37. The van der Waals surface area contributed by atoms with Crippen LogP contribution in [0, 0.1) is 0 Å². The van der Waals surface area contributed by atoms with E-state index in [1.807, 2.05) is 0 Å². The quantitative estimate of drug-likeness (QED) is 0.720. The summed E-state index contributed by atoms with van der Waals surface area (Å²) >= 11 is 0. The van der Waals surface area contributed by atoms with E-state index in [2.05, 4.69) is 10.0 Å². The number of carbonyl (C=O) groups excluding carboxylic acids is 1. The van der Waals surface area contributed by atoms with Crippen molar-refractivity contribution in [1.82, 2.24) is 4.72 Å². The van der Waals surface area contributed by atoms with Gasteiger partial charge in [-0.05, 0) is 24.3 Å². The number of nitrogens with two attached hydrogens (primary N) is 1. The lowest BCUT2D eigenvalue weighted by atomic mass is 10.3. The van der Waals surface area contributed by atoms with Crippen LogP contribution in [0.15, 0.2) is 29.2 Å². The summed E-state index contributed by atoms with van der Waals surface area (Å²) in [5.41, 5.74) is 5.80. The Morgan fingerprint density at radius 1 is 1.26 bits per heavy atom. The smallest absolute Gasteiger partial charge is 0.240 e. The Balaban J connectivity index is 0.00000324. The summed E-state index contributed by atoms with van der Waals surface area (Å²) in [6.45, 7) is 2.17. The summed E-state index contributed by atoms with van der Waals surface area (Å²) in [7, 11) is -3.52. The molecule has 1 aromatic rings. The molecule has 0 aliphatic heterocycles. The van der Waals surface area contributed by atoms with E-state index >= 15 is 0 Å². The number of anilines is 1. The zero-order valence-corrected chi connectivity index (χ0v) is 12.2. The molecule has 108 valence electrons. The molecule has 8 heteroatoms. The zero-order chi connectivity index (χ0) is 13.6. The van der Waals surface area contributed by atoms with Gasteiger partial charge < -0.3 is 11.1 Å². The van der Waals surface area contributed by atoms with Gasteiger partial charge in [-0.1, -0.05) is 6.92 Å². The van der Waals surface area contributed by atoms with Crippen LogP contribution in [0.3, 0.4) is 0 Å². The van der Waals surface area contributed by atoms with Gasteiger partial charge in [-0.15, -0.1) is 12.4 Å². The molecule has 0 fully saturated rings. The van der Waals surface area contributed by atoms with Crippen LogP contribution in [0.5, 0.6) is 0 Å². The monoisotopic (exact) mass is 307 g/mol. The van der Waals surface area contributed by atoms with E-state index in [0.29, 0.717) is 12.1 Å². The second-order valence-electron chi connectivity index (χ2n) is 3.61. The maximum atomic E-state index is 11.7. The van der Waals surface area contributed by atoms with Gasteiger partial charge >= 0.3 is 0 Å². The Hall–Kier alpha value is -1.15. The number of carbonyl (C=O) groups is 1. The Morgan fingerprint density at radius 2 is 1.84 bits per heavy atom. The fourth-order valence-electron chi connectivity index (χ4n) is 1.24. The largest absolute Gasteiger partial charge is 0.329 e. The number of halogens is 1. The molecular formula is C11H18ClN3O3S. The van der Waals surface area contributed by atoms with Gasteiger partial charge in [0.25, 0.3) is 0 Å². The van der Waals surface area contributed by atoms with Gasteiger partial charge in [0.05, 0.1) is 4.90 Å². The van der Waals surface area contributed by atoms with Crippen LogP contribution in [-0.2, 0) is 14.8 Å². The molecule has 0 heterocycles. The Morgan fingerprint density at radius 3 is 2.32 bits per heavy atom. The predicted octanol–water partition coefficient (Wildman–Crippen LogP) is 0.694. The topological polar surface area (TPSA) is 101 Å². The molecule has 0 aliphatic rings. The highest BCUT2D eigenvalue weighted by Crippen LogP contribution is 2.13. The highest BCUT2D eigenvalue weighted by molar-refractivity contribution is 7.89. The molecule has 6 nitrogen and oxygen atoms in total. The van der Waals surface area contributed by atoms with Gasteiger partial charge in [0.1, 0.15) is 0 Å². The summed E-state index contributed by atoms with van der Waals surface area (Å²) in [5, 5.41) is 2.64. The number of nitrogens with one attached hydrogen (secondary N) is 2. The van der Waals surface area contributed by atoms with Crippen molar-refractivity contribution in [3.8, 4) is 0 Å². The lowest BCUT2D eigenvalue weighted by molar-refractivity contribution is -0.115. The second-order valence-corrected chi connectivity index (χ2v) is 5.38. The van der Waals surface area contributed by atoms with Crippen LogP contribution in [0.1, 0.15) is 13.3 Å². The van der Waals surface area contributed by atoms with E-state index < -0.39 is 10.0 Å². The van der Waals surface area contributed by atoms with E-state index in [1.165, 1.54) is 12.1 Å². The number of sulfonamides is 1. The minimum atomic E-state index is -3.52. The van der Waals surface area contributed by atoms with Crippen LogP contribution in [0.2, 0.25) is 0 Å². The van der Waals surface area contributed by atoms with Crippen LogP contribution in [0.4, 0.5) is 5.69 Å². The molecule has 19 heavy (non-hydrogen) atoms. The van der Waals surface area contributed by atoms with Crippen molar-refractivity contribution in [3.05, 3.63) is 24.3 Å². The van der Waals surface area contributed by atoms with Gasteiger partial charge in [0, 0.05) is 25.2 Å². The zero-order valence-electron chi connectivity index (χ0n) is 10.5. The number of amides is 1. The minimum absolute atomic E-state index is 0. The summed E-state index contributed by atoms with van der Waals surface area (Å²) in [4.78, 5) is 11.3. The third-order valence-corrected chi connectivity index (χ3v) is 3.68. The van der Waals surface area contributed by atoms with Gasteiger partial charge in [-0.25, -0.2) is 13.1 Å². The first-order valence-electron chi connectivity index (χ1n) is 5.59. The lowest BCUT2D eigenvalue weighted by Crippen LogP contribution is -2.29. The fraction of sp³-hybridized carbons (Fsp3) is 0.364. The molecule has 0 aliphatic carbocycles. The van der Waals surface area contributed by atoms with Gasteiger partial charge in [0.2, 0.25) is 15.9 Å². The minimum Gasteiger partial charge on any atom is -0.329 e. The first kappa shape index (κ1) is 17.8. The van der Waals surface area contributed by atoms with E-state index in [0.717, 1.165) is 0 Å². The number of rotatable bonds is 6. The van der Waals surface area contributed by atoms with E-state index in [-0.39, 0.29) is 36.3 Å². The molecule has 1 rings (SSSR count). The van der Waals surface area contributed by atoms with Gasteiger partial charge in [-0.2, -0.15) is 0 Å². The van der Waals surface area contributed by atoms with Crippen LogP contribution >= 0.6 is 12.4 Å². The standard InChI is InChI=1S/C11H17N3O3S.ClH/c1-2-11(15)14-9-3-5-10(6-4-9)18(16,17)13-8-7-12;/h3-6,13H,2,7-8,12H2,1H3,(H,14,15);1H. The Kier molecular flexibility index (Phi) is 7.62. The molecule has 0 radical (unpaired) electrons. The highest BCUT2D eigenvalue weighted by atomic mass is 35.5. The lowest BCUT2D eigenvalue weighted by Gasteiger charge is -2.07. The molecule has 0 bridgehead atoms. The SMILES string of the molecule is CCC(=O)Nc1ccc(S(=O)(=O)NCCN)cc1.Cl. The summed E-state index contributed by atoms with van der Waals surface area (Å²) in [6.07, 6.45) is 0.373. The van der Waals surface area contributed by atoms with Crippen molar-refractivity contribution in [2.45, 2.75) is 18.2 Å². The molecule has 0 aromatic heterocycles. The van der Waals surface area contributed by atoms with E-state index in [9.17, 15) is 13.2 Å². The summed E-state index contributed by atoms with van der Waals surface area (Å²) in [6, 6.07) is 5.96. The molecule has 0 atom stereocenters. The summed E-state index contributed by atoms with van der Waals surface area (Å²) in [5.74, 6) is -0.119. The maximum Gasteiger partial charge on any atom is 0.240 e. The molecule has 1 amide bonds. The van der Waals surface area contributed by atoms with Crippen molar-refractivity contribution in [2.75, 3.05) is 18.4 Å². The van der Waals surface area contributed by atoms with E-state index in [1.54, 1.807) is 19.1 Å².